The number of carbonyl (C=O) groups is 1. The van der Waals surface area contributed by atoms with Crippen LogP contribution in [0.4, 0.5) is 0 Å². The summed E-state index contributed by atoms with van der Waals surface area (Å²) in [5, 5.41) is 4.04. The standard InChI is InChI=1S/C13H16N2O2/c16-13(12-2-1-5-17-12)15-14-8-11-7-9-3-4-10(11)6-9/h1-2,5,8-11H,3-4,6-7H2,(H,15,16)/b14-8-/t9-,10+,11-/m0/s1. The Balaban J connectivity index is 1.53. The Morgan fingerprint density at radius 2 is 2.41 bits per heavy atom. The summed E-state index contributed by atoms with van der Waals surface area (Å²) in [6.45, 7) is 0. The highest BCUT2D eigenvalue weighted by atomic mass is 16.3. The van der Waals surface area contributed by atoms with E-state index in [4.69, 9.17) is 4.42 Å². The van der Waals surface area contributed by atoms with Crippen LogP contribution in [0.1, 0.15) is 36.2 Å². The van der Waals surface area contributed by atoms with Crippen molar-refractivity contribution in [1.82, 2.24) is 5.43 Å². The Labute approximate surface area is 100 Å². The highest BCUT2D eigenvalue weighted by molar-refractivity contribution is 5.91. The quantitative estimate of drug-likeness (QED) is 0.642. The van der Waals surface area contributed by atoms with Crippen molar-refractivity contribution < 1.29 is 9.21 Å². The van der Waals surface area contributed by atoms with Gasteiger partial charge < -0.3 is 4.42 Å². The lowest BCUT2D eigenvalue weighted by atomic mass is 9.90. The molecule has 1 aromatic heterocycles. The molecule has 1 N–H and O–H groups in total. The topological polar surface area (TPSA) is 54.6 Å². The van der Waals surface area contributed by atoms with Crippen LogP contribution >= 0.6 is 0 Å². The van der Waals surface area contributed by atoms with E-state index in [0.29, 0.717) is 11.7 Å². The molecule has 2 fully saturated rings. The van der Waals surface area contributed by atoms with Gasteiger partial charge in [0.2, 0.25) is 0 Å². The predicted molar refractivity (Wildman–Crippen MR) is 63.6 cm³/mol. The molecule has 4 nitrogen and oxygen atoms in total. The summed E-state index contributed by atoms with van der Waals surface area (Å²) in [6.07, 6.45) is 8.69. The first-order valence-corrected chi connectivity index (χ1v) is 6.20. The minimum absolute atomic E-state index is 0.283. The van der Waals surface area contributed by atoms with Gasteiger partial charge in [-0.05, 0) is 49.1 Å². The summed E-state index contributed by atoms with van der Waals surface area (Å²) in [5.41, 5.74) is 2.51. The summed E-state index contributed by atoms with van der Waals surface area (Å²) in [5.74, 6) is 2.27. The van der Waals surface area contributed by atoms with Crippen LogP contribution in [0.15, 0.2) is 27.9 Å². The Bertz CT molecular complexity index is 425. The molecule has 2 saturated carbocycles. The number of fused-ring (bicyclic) bond motifs is 2. The van der Waals surface area contributed by atoms with E-state index in [1.165, 1.54) is 31.9 Å². The maximum absolute atomic E-state index is 11.5. The SMILES string of the molecule is O=C(N/N=C\[C@@H]1C[C@H]2CC[C@@H]1C2)c1ccco1. The Morgan fingerprint density at radius 3 is 3.06 bits per heavy atom. The van der Waals surface area contributed by atoms with E-state index >= 15 is 0 Å². The van der Waals surface area contributed by atoms with Gasteiger partial charge in [-0.1, -0.05) is 6.42 Å². The zero-order valence-electron chi connectivity index (χ0n) is 9.63. The highest BCUT2D eigenvalue weighted by Gasteiger charge is 2.38. The van der Waals surface area contributed by atoms with Crippen LogP contribution in [-0.2, 0) is 0 Å². The summed E-state index contributed by atoms with van der Waals surface area (Å²) < 4.78 is 4.98. The fourth-order valence-electron chi connectivity index (χ4n) is 3.13. The van der Waals surface area contributed by atoms with Crippen LogP contribution < -0.4 is 5.43 Å². The first-order chi connectivity index (χ1) is 8.33. The lowest BCUT2D eigenvalue weighted by Gasteiger charge is -2.16. The van der Waals surface area contributed by atoms with Gasteiger partial charge in [-0.25, -0.2) is 5.43 Å². The number of rotatable bonds is 3. The second-order valence-corrected chi connectivity index (χ2v) is 5.04. The maximum atomic E-state index is 11.5. The number of hydrogen-bond acceptors (Lipinski definition) is 3. The summed E-state index contributed by atoms with van der Waals surface area (Å²) in [4.78, 5) is 11.5. The van der Waals surface area contributed by atoms with E-state index in [9.17, 15) is 4.79 Å². The molecule has 0 saturated heterocycles. The van der Waals surface area contributed by atoms with Crippen molar-refractivity contribution in [3.63, 3.8) is 0 Å². The second-order valence-electron chi connectivity index (χ2n) is 5.04. The number of furan rings is 1. The van der Waals surface area contributed by atoms with E-state index < -0.39 is 0 Å². The lowest BCUT2D eigenvalue weighted by Crippen LogP contribution is -2.19. The minimum Gasteiger partial charge on any atom is -0.459 e. The molecular weight excluding hydrogens is 216 g/mol. The van der Waals surface area contributed by atoms with Crippen LogP contribution in [0, 0.1) is 17.8 Å². The molecule has 0 spiro atoms. The highest BCUT2D eigenvalue weighted by Crippen LogP contribution is 2.47. The van der Waals surface area contributed by atoms with Crippen molar-refractivity contribution in [2.75, 3.05) is 0 Å². The predicted octanol–water partition coefficient (Wildman–Crippen LogP) is 2.43. The summed E-state index contributed by atoms with van der Waals surface area (Å²) in [6, 6.07) is 3.32. The first kappa shape index (κ1) is 10.6. The molecule has 0 aromatic carbocycles. The molecule has 3 rings (SSSR count). The number of carbonyl (C=O) groups excluding carboxylic acids is 1. The van der Waals surface area contributed by atoms with Gasteiger partial charge in [0.1, 0.15) is 0 Å². The van der Waals surface area contributed by atoms with E-state index in [0.717, 1.165) is 11.8 Å². The van der Waals surface area contributed by atoms with Crippen molar-refractivity contribution in [3.8, 4) is 0 Å². The molecule has 2 aliphatic carbocycles. The molecule has 1 heterocycles. The van der Waals surface area contributed by atoms with E-state index in [2.05, 4.69) is 10.5 Å². The third-order valence-corrected chi connectivity index (χ3v) is 3.97. The van der Waals surface area contributed by atoms with Crippen LogP contribution in [-0.4, -0.2) is 12.1 Å². The van der Waals surface area contributed by atoms with Gasteiger partial charge in [0.15, 0.2) is 5.76 Å². The van der Waals surface area contributed by atoms with Crippen molar-refractivity contribution in [3.05, 3.63) is 24.2 Å². The van der Waals surface area contributed by atoms with Crippen molar-refractivity contribution in [1.29, 1.82) is 0 Å². The number of amides is 1. The van der Waals surface area contributed by atoms with Crippen molar-refractivity contribution >= 4 is 12.1 Å². The molecule has 0 radical (unpaired) electrons. The van der Waals surface area contributed by atoms with Crippen LogP contribution in [0.2, 0.25) is 0 Å². The fraction of sp³-hybridized carbons (Fsp3) is 0.538. The molecule has 4 heteroatoms. The monoisotopic (exact) mass is 232 g/mol. The van der Waals surface area contributed by atoms with Crippen LogP contribution in [0.25, 0.3) is 0 Å². The molecular formula is C13H16N2O2. The molecule has 0 aliphatic heterocycles. The van der Waals surface area contributed by atoms with Gasteiger partial charge in [-0.3, -0.25) is 4.79 Å². The molecule has 90 valence electrons. The minimum atomic E-state index is -0.283. The molecule has 2 aliphatic rings. The van der Waals surface area contributed by atoms with Gasteiger partial charge in [0, 0.05) is 6.21 Å². The third kappa shape index (κ3) is 2.12. The Hall–Kier alpha value is -1.58. The van der Waals surface area contributed by atoms with Crippen LogP contribution in [0.3, 0.4) is 0 Å². The first-order valence-electron chi connectivity index (χ1n) is 6.20. The molecule has 0 unspecified atom stereocenters. The van der Waals surface area contributed by atoms with Crippen molar-refractivity contribution in [2.24, 2.45) is 22.9 Å². The average molecular weight is 232 g/mol. The fourth-order valence-corrected chi connectivity index (χ4v) is 3.13. The normalized spacial score (nSPS) is 31.2. The number of nitrogens with one attached hydrogen (secondary N) is 1. The molecule has 17 heavy (non-hydrogen) atoms. The summed E-state index contributed by atoms with van der Waals surface area (Å²) >= 11 is 0. The molecule has 3 atom stereocenters. The van der Waals surface area contributed by atoms with Gasteiger partial charge in [0.05, 0.1) is 6.26 Å². The van der Waals surface area contributed by atoms with Crippen molar-refractivity contribution in [2.45, 2.75) is 25.7 Å². The van der Waals surface area contributed by atoms with Gasteiger partial charge in [-0.15, -0.1) is 0 Å². The largest absolute Gasteiger partial charge is 0.459 e. The van der Waals surface area contributed by atoms with E-state index in [1.807, 2.05) is 6.21 Å². The van der Waals surface area contributed by atoms with Gasteiger partial charge in [-0.2, -0.15) is 5.10 Å². The second kappa shape index (κ2) is 4.35. The molecule has 1 amide bonds. The smallest absolute Gasteiger partial charge is 0.307 e. The Kier molecular flexibility index (Phi) is 2.71. The van der Waals surface area contributed by atoms with Gasteiger partial charge >= 0.3 is 5.91 Å². The van der Waals surface area contributed by atoms with Crippen LogP contribution in [0.5, 0.6) is 0 Å². The lowest BCUT2D eigenvalue weighted by molar-refractivity contribution is 0.0927. The number of nitrogens with zero attached hydrogens (tertiary/aromatic N) is 1. The zero-order valence-corrected chi connectivity index (χ0v) is 9.63. The number of hydrogen-bond donors (Lipinski definition) is 1. The average Bonchev–Trinajstić information content (AvgIpc) is 3.06. The number of hydrazone groups is 1. The Morgan fingerprint density at radius 1 is 1.47 bits per heavy atom. The zero-order chi connectivity index (χ0) is 11.7. The van der Waals surface area contributed by atoms with E-state index in [-0.39, 0.29) is 5.91 Å². The third-order valence-electron chi connectivity index (χ3n) is 3.97. The molecule has 2 bridgehead atoms. The van der Waals surface area contributed by atoms with E-state index in [1.54, 1.807) is 12.1 Å². The summed E-state index contributed by atoms with van der Waals surface area (Å²) in [7, 11) is 0. The van der Waals surface area contributed by atoms with Gasteiger partial charge in [0.25, 0.3) is 0 Å². The molecule has 1 aromatic rings. The maximum Gasteiger partial charge on any atom is 0.307 e.